The molecule has 280 valence electrons. The van der Waals surface area contributed by atoms with Gasteiger partial charge in [-0.1, -0.05) is 101 Å². The maximum Gasteiger partial charge on any atom is 0.193 e. The van der Waals surface area contributed by atoms with Crippen LogP contribution in [-0.2, 0) is 46.2 Å². The lowest BCUT2D eigenvalue weighted by Gasteiger charge is -2.66. The number of rotatable bonds is 11. The maximum atomic E-state index is 15.8. The van der Waals surface area contributed by atoms with Gasteiger partial charge in [0.2, 0.25) is 0 Å². The Morgan fingerprint density at radius 1 is 0.902 bits per heavy atom. The minimum atomic E-state index is -2.67. The summed E-state index contributed by atoms with van der Waals surface area (Å²) in [5.74, 6) is -1.40. The summed E-state index contributed by atoms with van der Waals surface area (Å²) < 4.78 is 35.7. The van der Waals surface area contributed by atoms with Crippen molar-refractivity contribution in [2.45, 2.75) is 155 Å². The molecule has 7 nitrogen and oxygen atoms in total. The van der Waals surface area contributed by atoms with Crippen LogP contribution in [0.1, 0.15) is 99.1 Å². The lowest BCUT2D eigenvalue weighted by molar-refractivity contribution is -0.380. The van der Waals surface area contributed by atoms with Crippen LogP contribution in [-0.4, -0.2) is 55.7 Å². The molecule has 3 aliphatic rings. The zero-order valence-corrected chi connectivity index (χ0v) is 34.0. The summed E-state index contributed by atoms with van der Waals surface area (Å²) in [4.78, 5) is 28.8. The van der Waals surface area contributed by atoms with Crippen molar-refractivity contribution in [3.05, 3.63) is 83.9 Å². The van der Waals surface area contributed by atoms with Gasteiger partial charge in [-0.25, -0.2) is 0 Å². The Morgan fingerprint density at radius 2 is 1.45 bits per heavy atom. The second kappa shape index (κ2) is 14.4. The third-order valence-corrected chi connectivity index (χ3v) is 17.1. The summed E-state index contributed by atoms with van der Waals surface area (Å²) in [5.41, 5.74) is -0.233. The zero-order chi connectivity index (χ0) is 37.6. The predicted molar refractivity (Wildman–Crippen MR) is 204 cm³/mol. The number of ether oxygens (including phenoxy) is 4. The number of ketones is 2. The molecule has 1 aliphatic heterocycles. The molecule has 2 aromatic rings. The summed E-state index contributed by atoms with van der Waals surface area (Å²) in [6.45, 7) is 28.0. The monoisotopic (exact) mass is 718 g/mol. The molecule has 0 bridgehead atoms. The normalized spacial score (nSPS) is 32.1. The van der Waals surface area contributed by atoms with Crippen LogP contribution in [0, 0.1) is 16.7 Å². The molecule has 8 heteroatoms. The first kappa shape index (κ1) is 39.7. The lowest BCUT2D eigenvalue weighted by atomic mass is 9.49. The van der Waals surface area contributed by atoms with Gasteiger partial charge in [0.25, 0.3) is 0 Å². The van der Waals surface area contributed by atoms with Crippen LogP contribution in [0.25, 0.3) is 0 Å². The Balaban J connectivity index is 1.81. The molecular formula is C43H62O7Si. The molecule has 1 heterocycles. The summed E-state index contributed by atoms with van der Waals surface area (Å²) in [5, 5.41) is -0.204. The van der Waals surface area contributed by atoms with Crippen molar-refractivity contribution >= 4 is 19.9 Å². The van der Waals surface area contributed by atoms with E-state index in [0.29, 0.717) is 13.0 Å². The summed E-state index contributed by atoms with van der Waals surface area (Å²) in [7, 11) is -2.67. The van der Waals surface area contributed by atoms with E-state index < -0.39 is 48.8 Å². The number of Topliss-reactive ketones (excluding diaryl/α,β-unsaturated/α-hetero) is 2. The fourth-order valence-electron chi connectivity index (χ4n) is 8.60. The third-order valence-electron chi connectivity index (χ3n) is 12.6. The van der Waals surface area contributed by atoms with E-state index in [-0.39, 0.29) is 41.7 Å². The van der Waals surface area contributed by atoms with Gasteiger partial charge in [0.05, 0.1) is 36.4 Å². The number of carbonyl (C=O) groups excluding carboxylic acids is 2. The van der Waals surface area contributed by atoms with Crippen molar-refractivity contribution in [3.8, 4) is 0 Å². The van der Waals surface area contributed by atoms with E-state index in [1.165, 1.54) is 0 Å². The summed E-state index contributed by atoms with van der Waals surface area (Å²) in [6.07, 6.45) is -0.588. The molecule has 0 amide bonds. The second-order valence-electron chi connectivity index (χ2n) is 18.0. The van der Waals surface area contributed by atoms with E-state index in [0.717, 1.165) is 29.5 Å². The molecule has 0 unspecified atom stereocenters. The van der Waals surface area contributed by atoms with Crippen LogP contribution < -0.4 is 0 Å². The molecular weight excluding hydrogens is 657 g/mol. The van der Waals surface area contributed by atoms with Crippen LogP contribution in [0.5, 0.6) is 0 Å². The first-order chi connectivity index (χ1) is 23.7. The molecule has 3 fully saturated rings. The van der Waals surface area contributed by atoms with E-state index in [2.05, 4.69) is 52.9 Å². The minimum Gasteiger partial charge on any atom is -0.408 e. The third kappa shape index (κ3) is 7.51. The number of hydrogen-bond donors (Lipinski definition) is 0. The van der Waals surface area contributed by atoms with Gasteiger partial charge in [-0.3, -0.25) is 4.79 Å². The predicted octanol–water partition coefficient (Wildman–Crippen LogP) is 9.39. The smallest absolute Gasteiger partial charge is 0.193 e. The first-order valence-electron chi connectivity index (χ1n) is 18.7. The molecule has 0 spiro atoms. The molecule has 7 atom stereocenters. The Hall–Kier alpha value is -2.46. The van der Waals surface area contributed by atoms with Crippen LogP contribution in [0.2, 0.25) is 18.1 Å². The van der Waals surface area contributed by atoms with Gasteiger partial charge >= 0.3 is 0 Å². The fraction of sp³-hybridized carbons (Fsp3) is 0.628. The highest BCUT2D eigenvalue weighted by Crippen LogP contribution is 2.62. The molecule has 2 aromatic carbocycles. The maximum absolute atomic E-state index is 15.8. The van der Waals surface area contributed by atoms with Crippen LogP contribution in [0.4, 0.5) is 0 Å². The van der Waals surface area contributed by atoms with Gasteiger partial charge in [0.1, 0.15) is 18.0 Å². The molecule has 5 rings (SSSR count). The molecule has 2 aliphatic carbocycles. The van der Waals surface area contributed by atoms with E-state index in [1.807, 2.05) is 76.2 Å². The average molecular weight is 719 g/mol. The highest BCUT2D eigenvalue weighted by atomic mass is 28.4. The van der Waals surface area contributed by atoms with Crippen LogP contribution >= 0.6 is 0 Å². The van der Waals surface area contributed by atoms with Crippen molar-refractivity contribution < 1.29 is 33.0 Å². The Kier molecular flexibility index (Phi) is 11.2. The fourth-order valence-corrected chi connectivity index (χ4v) is 10.3. The number of hydrogen-bond acceptors (Lipinski definition) is 7. The average Bonchev–Trinajstić information content (AvgIpc) is 3.04. The molecule has 0 aromatic heterocycles. The van der Waals surface area contributed by atoms with Crippen LogP contribution in [0.15, 0.2) is 72.8 Å². The summed E-state index contributed by atoms with van der Waals surface area (Å²) >= 11 is 0. The van der Waals surface area contributed by atoms with E-state index in [9.17, 15) is 4.79 Å². The Bertz CT molecular complexity index is 1560. The van der Waals surface area contributed by atoms with E-state index >= 15 is 4.79 Å². The lowest BCUT2D eigenvalue weighted by Crippen LogP contribution is -2.76. The molecule has 0 N–H and O–H groups in total. The van der Waals surface area contributed by atoms with Gasteiger partial charge < -0.3 is 28.2 Å². The van der Waals surface area contributed by atoms with Crippen molar-refractivity contribution in [1.82, 2.24) is 0 Å². The highest BCUT2D eigenvalue weighted by Gasteiger charge is 2.72. The van der Waals surface area contributed by atoms with Crippen molar-refractivity contribution in [3.63, 3.8) is 0 Å². The van der Waals surface area contributed by atoms with Gasteiger partial charge in [-0.2, -0.15) is 0 Å². The standard InChI is InChI=1S/C43H62O7Si/c1-29-23-24-33-42(10)34(29)37(47-28-32-21-17-14-18-22-32)43(26-25-30(2)44,50-51(11,12)39(3,4)5)40(6,7)36(45)35(38(42)49-41(8,9)48-33)46-27-31-19-15-13-16-20-31/h13-22,33-35,37-38H,1,23-28H2,2-12H3/t33-,34-,35+,37-,38+,42+,43+/m0/s1. The molecule has 0 radical (unpaired) electrons. The number of carbonyl (C=O) groups is 2. The largest absolute Gasteiger partial charge is 0.408 e. The minimum absolute atomic E-state index is 0.0349. The van der Waals surface area contributed by atoms with Gasteiger partial charge in [0.15, 0.2) is 19.9 Å². The molecule has 51 heavy (non-hydrogen) atoms. The van der Waals surface area contributed by atoms with Crippen molar-refractivity contribution in [2.24, 2.45) is 16.7 Å². The Labute approximate surface area is 307 Å². The topological polar surface area (TPSA) is 80.3 Å². The molecule has 2 saturated carbocycles. The van der Waals surface area contributed by atoms with Gasteiger partial charge in [-0.15, -0.1) is 0 Å². The summed E-state index contributed by atoms with van der Waals surface area (Å²) in [6, 6.07) is 20.0. The van der Waals surface area contributed by atoms with Gasteiger partial charge in [0, 0.05) is 17.8 Å². The first-order valence-corrected chi connectivity index (χ1v) is 21.7. The SMILES string of the molecule is C=C1CC[C@@H]2OC(C)(C)O[C@@H]3[C@H](OCc4ccccc4)C(=O)C(C)(C)[C@](CCC(C)=O)(O[Si](C)(C)C(C)(C)C)[C@@H](OCc4ccccc4)[C@H]1[C@@]23C. The second-order valence-corrected chi connectivity index (χ2v) is 22.7. The van der Waals surface area contributed by atoms with Crippen molar-refractivity contribution in [2.75, 3.05) is 0 Å². The van der Waals surface area contributed by atoms with E-state index in [4.69, 9.17) is 30.0 Å². The Morgan fingerprint density at radius 3 is 1.98 bits per heavy atom. The van der Waals surface area contributed by atoms with Crippen LogP contribution in [0.3, 0.4) is 0 Å². The highest BCUT2D eigenvalue weighted by molar-refractivity contribution is 6.74. The zero-order valence-electron chi connectivity index (χ0n) is 33.0. The molecule has 1 saturated heterocycles. The van der Waals surface area contributed by atoms with Crippen molar-refractivity contribution in [1.29, 1.82) is 0 Å². The van der Waals surface area contributed by atoms with Gasteiger partial charge in [-0.05, 0) is 83.1 Å². The quantitative estimate of drug-likeness (QED) is 0.169. The van der Waals surface area contributed by atoms with E-state index in [1.54, 1.807) is 6.92 Å². The number of benzene rings is 2.